The minimum atomic E-state index is -0.444. The number of fused-ring (bicyclic) bond motifs is 1. The first kappa shape index (κ1) is 15.3. The molecular weight excluding hydrogens is 276 g/mol. The van der Waals surface area contributed by atoms with E-state index in [-0.39, 0.29) is 11.6 Å². The number of ether oxygens (including phenoxy) is 1. The van der Waals surface area contributed by atoms with Gasteiger partial charge in [0.05, 0.1) is 5.54 Å². The van der Waals surface area contributed by atoms with E-state index in [1.807, 2.05) is 26.8 Å². The fraction of sp³-hybridized carbons (Fsp3) is 0.611. The van der Waals surface area contributed by atoms with Crippen LogP contribution in [0, 0.1) is 5.92 Å². The van der Waals surface area contributed by atoms with Gasteiger partial charge >= 0.3 is 6.09 Å². The highest BCUT2D eigenvalue weighted by molar-refractivity contribution is 5.70. The highest BCUT2D eigenvalue weighted by atomic mass is 16.6. The molecule has 1 heterocycles. The first-order valence-corrected chi connectivity index (χ1v) is 8.09. The zero-order valence-corrected chi connectivity index (χ0v) is 13.9. The standard InChI is InChI=1S/C18H26N2O2/c1-13(14-8-6-5-7-9-14)20-11-15-10-18(15,12-20)19-16(21)22-17(2,3)4/h5-9,13,15H,10-12H2,1-4H3,(H,19,21)/t13-,15?,18?/m0/s1. The minimum Gasteiger partial charge on any atom is -0.444 e. The van der Waals surface area contributed by atoms with Crippen molar-refractivity contribution in [2.45, 2.75) is 51.3 Å². The zero-order chi connectivity index (χ0) is 16.0. The topological polar surface area (TPSA) is 41.6 Å². The Bertz CT molecular complexity index is 552. The van der Waals surface area contributed by atoms with Gasteiger partial charge in [-0.15, -0.1) is 0 Å². The third kappa shape index (κ3) is 3.12. The van der Waals surface area contributed by atoms with Crippen LogP contribution in [0.15, 0.2) is 30.3 Å². The molecule has 1 amide bonds. The Labute approximate surface area is 132 Å². The second-order valence-electron chi connectivity index (χ2n) is 7.70. The molecule has 3 atom stereocenters. The summed E-state index contributed by atoms with van der Waals surface area (Å²) in [6.07, 6.45) is 0.786. The molecule has 0 spiro atoms. The summed E-state index contributed by atoms with van der Waals surface area (Å²) < 4.78 is 5.40. The van der Waals surface area contributed by atoms with Crippen LogP contribution in [0.1, 0.15) is 45.7 Å². The number of carbonyl (C=O) groups is 1. The van der Waals surface area contributed by atoms with Crippen molar-refractivity contribution in [2.75, 3.05) is 13.1 Å². The van der Waals surface area contributed by atoms with E-state index in [0.717, 1.165) is 19.5 Å². The average molecular weight is 302 g/mol. The number of alkyl carbamates (subject to hydrolysis) is 1. The van der Waals surface area contributed by atoms with E-state index in [1.165, 1.54) is 5.56 Å². The second-order valence-corrected chi connectivity index (χ2v) is 7.70. The summed E-state index contributed by atoms with van der Waals surface area (Å²) in [5.41, 5.74) is 0.822. The molecule has 2 unspecified atom stereocenters. The molecule has 120 valence electrons. The number of carbonyl (C=O) groups excluding carboxylic acids is 1. The third-order valence-corrected chi connectivity index (χ3v) is 4.75. The van der Waals surface area contributed by atoms with Crippen molar-refractivity contribution in [2.24, 2.45) is 5.92 Å². The fourth-order valence-electron chi connectivity index (χ4n) is 3.46. The molecule has 1 saturated carbocycles. The van der Waals surface area contributed by atoms with E-state index in [4.69, 9.17) is 4.74 Å². The number of benzene rings is 1. The summed E-state index contributed by atoms with van der Waals surface area (Å²) in [4.78, 5) is 14.5. The Balaban J connectivity index is 1.60. The molecule has 1 aliphatic heterocycles. The van der Waals surface area contributed by atoms with E-state index in [9.17, 15) is 4.79 Å². The van der Waals surface area contributed by atoms with E-state index >= 15 is 0 Å². The summed E-state index contributed by atoms with van der Waals surface area (Å²) in [5, 5.41) is 3.12. The molecule has 0 radical (unpaired) electrons. The number of hydrogen-bond donors (Lipinski definition) is 1. The summed E-state index contributed by atoms with van der Waals surface area (Å²) in [5.74, 6) is 0.561. The number of rotatable bonds is 3. The Hall–Kier alpha value is -1.55. The van der Waals surface area contributed by atoms with Crippen molar-refractivity contribution >= 4 is 6.09 Å². The predicted octanol–water partition coefficient (Wildman–Crippen LogP) is 3.35. The molecular formula is C18H26N2O2. The van der Waals surface area contributed by atoms with E-state index < -0.39 is 5.60 Å². The SMILES string of the molecule is C[C@@H](c1ccccc1)N1CC2CC2(NC(=O)OC(C)(C)C)C1. The van der Waals surface area contributed by atoms with Crippen molar-refractivity contribution < 1.29 is 9.53 Å². The molecule has 0 bridgehead atoms. The van der Waals surface area contributed by atoms with Gasteiger partial charge in [0.2, 0.25) is 0 Å². The van der Waals surface area contributed by atoms with E-state index in [0.29, 0.717) is 12.0 Å². The third-order valence-electron chi connectivity index (χ3n) is 4.75. The molecule has 1 saturated heterocycles. The number of amides is 1. The molecule has 1 aliphatic carbocycles. The Morgan fingerprint density at radius 2 is 2.05 bits per heavy atom. The Kier molecular flexibility index (Phi) is 3.68. The largest absolute Gasteiger partial charge is 0.444 e. The highest BCUT2D eigenvalue weighted by Gasteiger charge is 2.61. The van der Waals surface area contributed by atoms with Crippen LogP contribution in [0.4, 0.5) is 4.79 Å². The first-order chi connectivity index (χ1) is 10.3. The Morgan fingerprint density at radius 1 is 1.36 bits per heavy atom. The minimum absolute atomic E-state index is 0.0641. The lowest BCUT2D eigenvalue weighted by Gasteiger charge is -2.28. The fourth-order valence-corrected chi connectivity index (χ4v) is 3.46. The number of hydrogen-bond acceptors (Lipinski definition) is 3. The maximum Gasteiger partial charge on any atom is 0.408 e. The second kappa shape index (κ2) is 5.27. The van der Waals surface area contributed by atoms with Crippen LogP contribution in [-0.2, 0) is 4.74 Å². The van der Waals surface area contributed by atoms with Gasteiger partial charge < -0.3 is 10.1 Å². The normalized spacial score (nSPS) is 28.8. The smallest absolute Gasteiger partial charge is 0.408 e. The van der Waals surface area contributed by atoms with Crippen molar-refractivity contribution in [3.8, 4) is 0 Å². The predicted molar refractivity (Wildman–Crippen MR) is 86.6 cm³/mol. The molecule has 1 aromatic rings. The molecule has 3 rings (SSSR count). The van der Waals surface area contributed by atoms with Crippen molar-refractivity contribution in [1.82, 2.24) is 10.2 Å². The number of nitrogens with one attached hydrogen (secondary N) is 1. The van der Waals surface area contributed by atoms with E-state index in [2.05, 4.69) is 41.4 Å². The summed E-state index contributed by atoms with van der Waals surface area (Å²) in [6, 6.07) is 10.9. The summed E-state index contributed by atoms with van der Waals surface area (Å²) >= 11 is 0. The van der Waals surface area contributed by atoms with Gasteiger partial charge in [0.1, 0.15) is 5.60 Å². The quantitative estimate of drug-likeness (QED) is 0.931. The lowest BCUT2D eigenvalue weighted by atomic mass is 10.1. The highest BCUT2D eigenvalue weighted by Crippen LogP contribution is 2.51. The molecule has 1 aromatic carbocycles. The van der Waals surface area contributed by atoms with Crippen LogP contribution in [0.25, 0.3) is 0 Å². The van der Waals surface area contributed by atoms with Crippen LogP contribution in [-0.4, -0.2) is 35.2 Å². The summed E-state index contributed by atoms with van der Waals surface area (Å²) in [6.45, 7) is 9.88. The van der Waals surface area contributed by atoms with Crippen molar-refractivity contribution in [3.63, 3.8) is 0 Å². The number of likely N-dealkylation sites (tertiary alicyclic amines) is 1. The average Bonchev–Trinajstić information content (AvgIpc) is 2.96. The molecule has 4 heteroatoms. The molecule has 2 aliphatic rings. The number of nitrogens with zero attached hydrogens (tertiary/aromatic N) is 1. The first-order valence-electron chi connectivity index (χ1n) is 8.09. The molecule has 4 nitrogen and oxygen atoms in total. The lowest BCUT2D eigenvalue weighted by Crippen LogP contribution is -2.44. The maximum atomic E-state index is 12.0. The van der Waals surface area contributed by atoms with Crippen molar-refractivity contribution in [3.05, 3.63) is 35.9 Å². The maximum absolute atomic E-state index is 12.0. The van der Waals surface area contributed by atoms with Gasteiger partial charge in [-0.1, -0.05) is 30.3 Å². The van der Waals surface area contributed by atoms with Crippen LogP contribution in [0.5, 0.6) is 0 Å². The van der Waals surface area contributed by atoms with Gasteiger partial charge in [-0.3, -0.25) is 4.90 Å². The van der Waals surface area contributed by atoms with Gasteiger partial charge in [0.15, 0.2) is 0 Å². The van der Waals surface area contributed by atoms with Gasteiger partial charge in [0.25, 0.3) is 0 Å². The van der Waals surface area contributed by atoms with Crippen LogP contribution in [0.2, 0.25) is 0 Å². The summed E-state index contributed by atoms with van der Waals surface area (Å²) in [7, 11) is 0. The van der Waals surface area contributed by atoms with Gasteiger partial charge in [-0.25, -0.2) is 4.79 Å². The van der Waals surface area contributed by atoms with Gasteiger partial charge in [-0.05, 0) is 45.6 Å². The number of piperidine rings is 1. The molecule has 0 aromatic heterocycles. The zero-order valence-electron chi connectivity index (χ0n) is 13.9. The molecule has 22 heavy (non-hydrogen) atoms. The van der Waals surface area contributed by atoms with E-state index in [1.54, 1.807) is 0 Å². The van der Waals surface area contributed by atoms with Gasteiger partial charge in [-0.2, -0.15) is 0 Å². The Morgan fingerprint density at radius 3 is 2.68 bits per heavy atom. The monoisotopic (exact) mass is 302 g/mol. The van der Waals surface area contributed by atoms with Crippen LogP contribution in [0.3, 0.4) is 0 Å². The van der Waals surface area contributed by atoms with Crippen molar-refractivity contribution in [1.29, 1.82) is 0 Å². The molecule has 1 N–H and O–H groups in total. The van der Waals surface area contributed by atoms with Gasteiger partial charge in [0, 0.05) is 19.1 Å². The van der Waals surface area contributed by atoms with Crippen LogP contribution < -0.4 is 5.32 Å². The molecule has 2 fully saturated rings. The lowest BCUT2D eigenvalue weighted by molar-refractivity contribution is 0.0489. The van der Waals surface area contributed by atoms with Crippen LogP contribution >= 0.6 is 0 Å².